The number of nitrogens with zero attached hydrogens (tertiary/aromatic N) is 1. The average molecular weight is 329 g/mol. The maximum Gasteiger partial charge on any atom is 0.267 e. The van der Waals surface area contributed by atoms with Gasteiger partial charge < -0.3 is 15.0 Å². The second-order valence-electron chi connectivity index (χ2n) is 4.96. The molecule has 2 N–H and O–H groups in total. The lowest BCUT2D eigenvalue weighted by molar-refractivity contribution is 0.0951. The number of aromatic nitrogens is 1. The second-order valence-corrected chi connectivity index (χ2v) is 7.05. The summed E-state index contributed by atoms with van der Waals surface area (Å²) in [7, 11) is -1.98. The van der Waals surface area contributed by atoms with Gasteiger partial charge in [-0.25, -0.2) is 12.7 Å². The molecule has 2 heterocycles. The van der Waals surface area contributed by atoms with E-state index in [4.69, 9.17) is 4.74 Å². The van der Waals surface area contributed by atoms with E-state index in [1.54, 1.807) is 0 Å². The number of nitrogens with one attached hydrogen (secondary N) is 2. The summed E-state index contributed by atoms with van der Waals surface area (Å²) in [5.74, 6) is -0.580. The molecular weight excluding hydrogens is 310 g/mol. The summed E-state index contributed by atoms with van der Waals surface area (Å²) >= 11 is 0. The molecule has 0 aromatic carbocycles. The summed E-state index contributed by atoms with van der Waals surface area (Å²) in [6.07, 6.45) is 3.04. The van der Waals surface area contributed by atoms with Crippen molar-refractivity contribution in [3.05, 3.63) is 28.2 Å². The lowest BCUT2D eigenvalue weighted by Gasteiger charge is -2.15. The Balaban J connectivity index is 1.90. The highest BCUT2D eigenvalue weighted by atomic mass is 32.2. The van der Waals surface area contributed by atoms with E-state index >= 15 is 0 Å². The Hall–Kier alpha value is -1.87. The number of sulfonamides is 1. The Bertz CT molecular complexity index is 692. The maximum absolute atomic E-state index is 12.0. The van der Waals surface area contributed by atoms with Gasteiger partial charge in [-0.2, -0.15) is 0 Å². The highest BCUT2D eigenvalue weighted by Gasteiger charge is 2.24. The molecule has 1 aliphatic rings. The van der Waals surface area contributed by atoms with Crippen LogP contribution >= 0.6 is 0 Å². The monoisotopic (exact) mass is 329 g/mol. The van der Waals surface area contributed by atoms with Gasteiger partial charge in [-0.15, -0.1) is 0 Å². The minimum absolute atomic E-state index is 0.00821. The third kappa shape index (κ3) is 3.86. The van der Waals surface area contributed by atoms with Crippen molar-refractivity contribution < 1.29 is 17.9 Å². The SMILES string of the molecule is COc1c[nH]c(C(=O)NCCS(=O)(=O)N2CCCC2)cc1=O. The molecule has 0 atom stereocenters. The highest BCUT2D eigenvalue weighted by Crippen LogP contribution is 2.12. The summed E-state index contributed by atoms with van der Waals surface area (Å²) in [6, 6.07) is 1.11. The average Bonchev–Trinajstić information content (AvgIpc) is 3.02. The third-order valence-corrected chi connectivity index (χ3v) is 5.32. The molecule has 1 saturated heterocycles. The Morgan fingerprint density at radius 3 is 2.68 bits per heavy atom. The number of hydrogen-bond donors (Lipinski definition) is 2. The zero-order valence-electron chi connectivity index (χ0n) is 12.3. The maximum atomic E-state index is 12.0. The Kier molecular flexibility index (Phi) is 5.19. The van der Waals surface area contributed by atoms with Crippen molar-refractivity contribution in [2.75, 3.05) is 32.5 Å². The minimum Gasteiger partial charge on any atom is -0.491 e. The third-order valence-electron chi connectivity index (χ3n) is 3.45. The Morgan fingerprint density at radius 1 is 1.41 bits per heavy atom. The molecule has 1 fully saturated rings. The van der Waals surface area contributed by atoms with Crippen LogP contribution in [0.2, 0.25) is 0 Å². The molecule has 0 aliphatic carbocycles. The van der Waals surface area contributed by atoms with Crippen molar-refractivity contribution in [3.8, 4) is 5.75 Å². The molecule has 22 heavy (non-hydrogen) atoms. The van der Waals surface area contributed by atoms with Crippen LogP contribution in [0.25, 0.3) is 0 Å². The van der Waals surface area contributed by atoms with Gasteiger partial charge in [0.15, 0.2) is 5.75 Å². The molecule has 1 aromatic rings. The molecule has 8 nitrogen and oxygen atoms in total. The molecule has 0 saturated carbocycles. The molecule has 1 aromatic heterocycles. The van der Waals surface area contributed by atoms with E-state index in [1.807, 2.05) is 0 Å². The van der Waals surface area contributed by atoms with Gasteiger partial charge in [0.25, 0.3) is 5.91 Å². The van der Waals surface area contributed by atoms with E-state index in [0.717, 1.165) is 18.9 Å². The molecular formula is C13H19N3O5S. The number of H-pyrrole nitrogens is 1. The molecule has 9 heteroatoms. The second kappa shape index (κ2) is 6.93. The zero-order valence-corrected chi connectivity index (χ0v) is 13.1. The van der Waals surface area contributed by atoms with Crippen molar-refractivity contribution in [1.29, 1.82) is 0 Å². The van der Waals surface area contributed by atoms with E-state index < -0.39 is 21.4 Å². The van der Waals surface area contributed by atoms with Gasteiger partial charge >= 0.3 is 0 Å². The Morgan fingerprint density at radius 2 is 2.09 bits per heavy atom. The van der Waals surface area contributed by atoms with Crippen molar-refractivity contribution in [3.63, 3.8) is 0 Å². The number of rotatable bonds is 6. The van der Waals surface area contributed by atoms with Crippen LogP contribution in [-0.4, -0.2) is 56.1 Å². The van der Waals surface area contributed by atoms with Crippen LogP contribution in [0.1, 0.15) is 23.3 Å². The van der Waals surface area contributed by atoms with Crippen LogP contribution in [-0.2, 0) is 10.0 Å². The van der Waals surface area contributed by atoms with E-state index in [0.29, 0.717) is 13.1 Å². The largest absolute Gasteiger partial charge is 0.491 e. The van der Waals surface area contributed by atoms with Crippen molar-refractivity contribution in [2.24, 2.45) is 0 Å². The fourth-order valence-electron chi connectivity index (χ4n) is 2.23. The normalized spacial score (nSPS) is 15.7. The predicted octanol–water partition coefficient (Wildman–Crippen LogP) is -0.461. The summed E-state index contributed by atoms with van der Waals surface area (Å²) in [4.78, 5) is 26.1. The van der Waals surface area contributed by atoms with Gasteiger partial charge in [-0.3, -0.25) is 9.59 Å². The van der Waals surface area contributed by atoms with Crippen LogP contribution in [0.5, 0.6) is 5.75 Å². The molecule has 0 unspecified atom stereocenters. The first-order valence-corrected chi connectivity index (χ1v) is 8.58. The number of carbonyl (C=O) groups is 1. The molecule has 0 bridgehead atoms. The first kappa shape index (κ1) is 16.5. The number of amides is 1. The van der Waals surface area contributed by atoms with E-state index in [-0.39, 0.29) is 23.7 Å². The van der Waals surface area contributed by atoms with E-state index in [1.165, 1.54) is 17.6 Å². The van der Waals surface area contributed by atoms with Gasteiger partial charge in [0.05, 0.1) is 12.9 Å². The number of ether oxygens (including phenoxy) is 1. The number of pyridine rings is 1. The molecule has 1 aliphatic heterocycles. The summed E-state index contributed by atoms with van der Waals surface area (Å²) < 4.78 is 30.2. The fourth-order valence-corrected chi connectivity index (χ4v) is 3.67. The van der Waals surface area contributed by atoms with Crippen LogP contribution < -0.4 is 15.5 Å². The fraction of sp³-hybridized carbons (Fsp3) is 0.538. The van der Waals surface area contributed by atoms with Gasteiger partial charge in [-0.1, -0.05) is 0 Å². The summed E-state index contributed by atoms with van der Waals surface area (Å²) in [6.45, 7) is 1.08. The van der Waals surface area contributed by atoms with Gasteiger partial charge in [0, 0.05) is 31.9 Å². The van der Waals surface area contributed by atoms with Crippen LogP contribution in [0.3, 0.4) is 0 Å². The van der Waals surface area contributed by atoms with Crippen molar-refractivity contribution in [1.82, 2.24) is 14.6 Å². The lowest BCUT2D eigenvalue weighted by Crippen LogP contribution is -2.36. The molecule has 0 spiro atoms. The standard InChI is InChI=1S/C13H19N3O5S/c1-21-12-9-15-10(8-11(12)17)13(18)14-4-7-22(19,20)16-5-2-3-6-16/h8-9H,2-7H2,1H3,(H,14,18)(H,15,17). The van der Waals surface area contributed by atoms with Gasteiger partial charge in [0.1, 0.15) is 5.69 Å². The Labute approximate surface area is 128 Å². The topological polar surface area (TPSA) is 109 Å². The molecule has 0 radical (unpaired) electrons. The minimum atomic E-state index is -3.33. The van der Waals surface area contributed by atoms with Gasteiger partial charge in [-0.05, 0) is 12.8 Å². The highest BCUT2D eigenvalue weighted by molar-refractivity contribution is 7.89. The van der Waals surface area contributed by atoms with Crippen molar-refractivity contribution in [2.45, 2.75) is 12.8 Å². The molecule has 1 amide bonds. The summed E-state index contributed by atoms with van der Waals surface area (Å²) in [5.41, 5.74) is -0.361. The quantitative estimate of drug-likeness (QED) is 0.734. The number of carbonyl (C=O) groups excluding carboxylic acids is 1. The first-order chi connectivity index (χ1) is 10.4. The lowest BCUT2D eigenvalue weighted by atomic mass is 10.3. The van der Waals surface area contributed by atoms with Crippen LogP contribution in [0.15, 0.2) is 17.1 Å². The van der Waals surface area contributed by atoms with Crippen LogP contribution in [0, 0.1) is 0 Å². The molecule has 2 rings (SSSR count). The number of methoxy groups -OCH3 is 1. The van der Waals surface area contributed by atoms with E-state index in [2.05, 4.69) is 10.3 Å². The van der Waals surface area contributed by atoms with Crippen molar-refractivity contribution >= 4 is 15.9 Å². The first-order valence-electron chi connectivity index (χ1n) is 6.97. The predicted molar refractivity (Wildman–Crippen MR) is 80.5 cm³/mol. The smallest absolute Gasteiger partial charge is 0.267 e. The number of hydrogen-bond acceptors (Lipinski definition) is 5. The van der Waals surface area contributed by atoms with Crippen LogP contribution in [0.4, 0.5) is 0 Å². The zero-order chi connectivity index (χ0) is 16.2. The van der Waals surface area contributed by atoms with Gasteiger partial charge in [0.2, 0.25) is 15.5 Å². The number of aromatic amines is 1. The summed E-state index contributed by atoms with van der Waals surface area (Å²) in [5, 5.41) is 2.49. The molecule has 122 valence electrons. The van der Waals surface area contributed by atoms with E-state index in [9.17, 15) is 18.0 Å².